The minimum Gasteiger partial charge on any atom is -0.368 e. The van der Waals surface area contributed by atoms with E-state index in [0.29, 0.717) is 5.69 Å². The molecule has 0 spiro atoms. The molecule has 8 heteroatoms. The molecule has 0 radical (unpaired) electrons. The van der Waals surface area contributed by atoms with Crippen molar-refractivity contribution in [1.29, 1.82) is 0 Å². The molecular weight excluding hydrogens is 349 g/mol. The van der Waals surface area contributed by atoms with Gasteiger partial charge in [0.05, 0.1) is 22.0 Å². The van der Waals surface area contributed by atoms with E-state index in [1.54, 1.807) is 30.1 Å². The van der Waals surface area contributed by atoms with Gasteiger partial charge in [0.1, 0.15) is 0 Å². The number of alkyl halides is 3. The number of aromatic nitrogens is 2. The SMILES string of the molecule is CC1=C(c2ccnc(Nc3ccc(C)c(C(F)(F)F)c3)n2)SCN1C. The molecule has 0 amide bonds. The van der Waals surface area contributed by atoms with Gasteiger partial charge in [0.15, 0.2) is 0 Å². The van der Waals surface area contributed by atoms with E-state index >= 15 is 0 Å². The molecule has 0 aliphatic carbocycles. The Balaban J connectivity index is 1.89. The first-order valence-corrected chi connectivity index (χ1v) is 8.57. The van der Waals surface area contributed by atoms with Crippen LogP contribution >= 0.6 is 11.8 Å². The molecule has 132 valence electrons. The number of aryl methyl sites for hydroxylation is 1. The number of hydrogen-bond donors (Lipinski definition) is 1. The number of nitrogens with one attached hydrogen (secondary N) is 1. The van der Waals surface area contributed by atoms with E-state index in [4.69, 9.17) is 0 Å². The molecule has 1 N–H and O–H groups in total. The highest BCUT2D eigenvalue weighted by atomic mass is 32.2. The lowest BCUT2D eigenvalue weighted by Gasteiger charge is -2.13. The van der Waals surface area contributed by atoms with Crippen LogP contribution < -0.4 is 5.32 Å². The summed E-state index contributed by atoms with van der Waals surface area (Å²) < 4.78 is 39.1. The molecule has 1 aliphatic rings. The minimum absolute atomic E-state index is 0.180. The Labute approximate surface area is 148 Å². The molecule has 1 aliphatic heterocycles. The molecule has 1 aromatic carbocycles. The van der Waals surface area contributed by atoms with Crippen LogP contribution in [0.15, 0.2) is 36.2 Å². The Hall–Kier alpha value is -2.22. The topological polar surface area (TPSA) is 41.1 Å². The summed E-state index contributed by atoms with van der Waals surface area (Å²) in [6.45, 7) is 3.45. The predicted molar refractivity (Wildman–Crippen MR) is 94.3 cm³/mol. The van der Waals surface area contributed by atoms with E-state index in [-0.39, 0.29) is 11.5 Å². The summed E-state index contributed by atoms with van der Waals surface area (Å²) in [6.07, 6.45) is -2.79. The van der Waals surface area contributed by atoms with Crippen LogP contribution in [-0.2, 0) is 6.18 Å². The fraction of sp³-hybridized carbons (Fsp3) is 0.294. The summed E-state index contributed by atoms with van der Waals surface area (Å²) in [7, 11) is 2.00. The lowest BCUT2D eigenvalue weighted by atomic mass is 10.1. The van der Waals surface area contributed by atoms with Crippen LogP contribution in [0.4, 0.5) is 24.8 Å². The van der Waals surface area contributed by atoms with Gasteiger partial charge in [-0.1, -0.05) is 6.07 Å². The third-order valence-corrected chi connectivity index (χ3v) is 5.30. The predicted octanol–water partition coefficient (Wildman–Crippen LogP) is 4.87. The lowest BCUT2D eigenvalue weighted by Crippen LogP contribution is -2.09. The van der Waals surface area contributed by atoms with Crippen molar-refractivity contribution in [3.05, 3.63) is 53.0 Å². The summed E-state index contributed by atoms with van der Waals surface area (Å²) >= 11 is 1.67. The quantitative estimate of drug-likeness (QED) is 0.839. The van der Waals surface area contributed by atoms with Gasteiger partial charge in [-0.2, -0.15) is 13.2 Å². The fourth-order valence-electron chi connectivity index (χ4n) is 2.47. The van der Waals surface area contributed by atoms with Crippen LogP contribution in [0.5, 0.6) is 0 Å². The molecule has 0 atom stereocenters. The first-order chi connectivity index (χ1) is 11.8. The molecule has 2 aromatic rings. The van der Waals surface area contributed by atoms with Gasteiger partial charge < -0.3 is 10.2 Å². The standard InChI is InChI=1S/C17H17F3N4S/c1-10-4-5-12(8-13(10)17(18,19)20)22-16-21-7-6-14(23-16)15-11(2)24(3)9-25-15/h4-8H,9H2,1-3H3,(H,21,22,23). The largest absolute Gasteiger partial charge is 0.416 e. The highest BCUT2D eigenvalue weighted by Gasteiger charge is 2.32. The molecule has 0 saturated carbocycles. The number of nitrogens with zero attached hydrogens (tertiary/aromatic N) is 3. The first kappa shape index (κ1) is 17.6. The molecule has 3 rings (SSSR count). The maximum absolute atomic E-state index is 13.0. The second kappa shape index (κ2) is 6.59. The number of benzene rings is 1. The van der Waals surface area contributed by atoms with Crippen molar-refractivity contribution in [3.8, 4) is 0 Å². The molecule has 0 bridgehead atoms. The van der Waals surface area contributed by atoms with Gasteiger partial charge in [-0.3, -0.25) is 0 Å². The van der Waals surface area contributed by atoms with Crippen LogP contribution in [0.1, 0.15) is 23.7 Å². The third kappa shape index (κ3) is 3.73. The Morgan fingerprint density at radius 3 is 2.60 bits per heavy atom. The van der Waals surface area contributed by atoms with E-state index in [9.17, 15) is 13.2 Å². The zero-order chi connectivity index (χ0) is 18.2. The van der Waals surface area contributed by atoms with E-state index in [1.165, 1.54) is 13.0 Å². The zero-order valence-corrected chi connectivity index (χ0v) is 14.8. The van der Waals surface area contributed by atoms with E-state index in [1.807, 2.05) is 14.0 Å². The minimum atomic E-state index is -4.39. The summed E-state index contributed by atoms with van der Waals surface area (Å²) in [5.41, 5.74) is 1.69. The maximum atomic E-state index is 13.0. The molecular formula is C17H17F3N4S. The van der Waals surface area contributed by atoms with Crippen molar-refractivity contribution in [2.45, 2.75) is 20.0 Å². The first-order valence-electron chi connectivity index (χ1n) is 7.59. The second-order valence-corrected chi connectivity index (χ2v) is 6.76. The summed E-state index contributed by atoms with van der Waals surface area (Å²) in [6, 6.07) is 5.90. The van der Waals surface area contributed by atoms with Crippen molar-refractivity contribution in [2.75, 3.05) is 18.2 Å². The van der Waals surface area contributed by atoms with Crippen molar-refractivity contribution in [1.82, 2.24) is 14.9 Å². The van der Waals surface area contributed by atoms with Crippen molar-refractivity contribution < 1.29 is 13.2 Å². The van der Waals surface area contributed by atoms with E-state index in [2.05, 4.69) is 20.2 Å². The average Bonchev–Trinajstić information content (AvgIpc) is 2.88. The summed E-state index contributed by atoms with van der Waals surface area (Å²) in [5.74, 6) is 1.12. The number of halogens is 3. The fourth-order valence-corrected chi connectivity index (χ4v) is 3.62. The van der Waals surface area contributed by atoms with Crippen LogP contribution in [0.2, 0.25) is 0 Å². The van der Waals surface area contributed by atoms with Crippen molar-refractivity contribution in [2.24, 2.45) is 0 Å². The monoisotopic (exact) mass is 366 g/mol. The average molecular weight is 366 g/mol. The smallest absolute Gasteiger partial charge is 0.368 e. The molecule has 1 aromatic heterocycles. The van der Waals surface area contributed by atoms with Gasteiger partial charge in [-0.15, -0.1) is 11.8 Å². The number of anilines is 2. The van der Waals surface area contributed by atoms with Crippen LogP contribution in [0.25, 0.3) is 4.91 Å². The van der Waals surface area contributed by atoms with Gasteiger partial charge in [0, 0.05) is 24.6 Å². The Morgan fingerprint density at radius 2 is 1.96 bits per heavy atom. The highest BCUT2D eigenvalue weighted by molar-refractivity contribution is 8.08. The van der Waals surface area contributed by atoms with Crippen LogP contribution in [-0.4, -0.2) is 27.8 Å². The number of hydrogen-bond acceptors (Lipinski definition) is 5. The van der Waals surface area contributed by atoms with Crippen LogP contribution in [0, 0.1) is 6.92 Å². The Morgan fingerprint density at radius 1 is 1.20 bits per heavy atom. The van der Waals surface area contributed by atoms with Gasteiger partial charge in [-0.05, 0) is 37.6 Å². The second-order valence-electron chi connectivity index (χ2n) is 5.80. The van der Waals surface area contributed by atoms with Crippen LogP contribution in [0.3, 0.4) is 0 Å². The van der Waals surface area contributed by atoms with Gasteiger partial charge in [-0.25, -0.2) is 9.97 Å². The lowest BCUT2D eigenvalue weighted by molar-refractivity contribution is -0.138. The third-order valence-electron chi connectivity index (χ3n) is 3.99. The molecule has 0 fully saturated rings. The Bertz CT molecular complexity index is 833. The highest BCUT2D eigenvalue weighted by Crippen LogP contribution is 2.38. The number of rotatable bonds is 3. The van der Waals surface area contributed by atoms with Gasteiger partial charge >= 0.3 is 6.18 Å². The summed E-state index contributed by atoms with van der Waals surface area (Å²) in [5, 5.41) is 2.87. The molecule has 0 unspecified atom stereocenters. The van der Waals surface area contributed by atoms with E-state index in [0.717, 1.165) is 28.2 Å². The number of thioether (sulfide) groups is 1. The van der Waals surface area contributed by atoms with Crippen molar-refractivity contribution >= 4 is 28.3 Å². The molecule has 2 heterocycles. The van der Waals surface area contributed by atoms with E-state index < -0.39 is 11.7 Å². The van der Waals surface area contributed by atoms with Gasteiger partial charge in [0.25, 0.3) is 0 Å². The molecule has 25 heavy (non-hydrogen) atoms. The normalized spacial score (nSPS) is 15.0. The summed E-state index contributed by atoms with van der Waals surface area (Å²) in [4.78, 5) is 11.7. The van der Waals surface area contributed by atoms with Crippen molar-refractivity contribution in [3.63, 3.8) is 0 Å². The van der Waals surface area contributed by atoms with Gasteiger partial charge in [0.2, 0.25) is 5.95 Å². The Kier molecular flexibility index (Phi) is 4.64. The zero-order valence-electron chi connectivity index (χ0n) is 14.0. The maximum Gasteiger partial charge on any atom is 0.416 e. The molecule has 0 saturated heterocycles. The molecule has 4 nitrogen and oxygen atoms in total. The number of allylic oxidation sites excluding steroid dienone is 1.